The average Bonchev–Trinajstić information content (AvgIpc) is 2.89. The minimum atomic E-state index is -0.272. The number of hydrogen-bond acceptors (Lipinski definition) is 4. The zero-order chi connectivity index (χ0) is 13.7. The second-order valence-corrected chi connectivity index (χ2v) is 5.14. The maximum Gasteiger partial charge on any atom is 0.338 e. The monoisotopic (exact) mass is 263 g/mol. The number of rotatable bonds is 5. The van der Waals surface area contributed by atoms with Crippen LogP contribution in [0.2, 0.25) is 0 Å². The summed E-state index contributed by atoms with van der Waals surface area (Å²) in [4.78, 5) is 11.7. The number of benzene rings is 1. The van der Waals surface area contributed by atoms with Crippen LogP contribution in [0.4, 0.5) is 5.69 Å². The fourth-order valence-electron chi connectivity index (χ4n) is 2.01. The predicted octanol–water partition coefficient (Wildman–Crippen LogP) is 2.70. The van der Waals surface area contributed by atoms with Crippen LogP contribution in [0.25, 0.3) is 0 Å². The van der Waals surface area contributed by atoms with Gasteiger partial charge in [-0.15, -0.1) is 0 Å². The number of esters is 1. The van der Waals surface area contributed by atoms with Gasteiger partial charge < -0.3 is 14.8 Å². The molecule has 1 atom stereocenters. The summed E-state index contributed by atoms with van der Waals surface area (Å²) in [6.45, 7) is 6.31. The molecule has 0 aromatic heterocycles. The Hall–Kier alpha value is -1.55. The van der Waals surface area contributed by atoms with E-state index in [4.69, 9.17) is 9.47 Å². The summed E-state index contributed by atoms with van der Waals surface area (Å²) < 4.78 is 10.5. The summed E-state index contributed by atoms with van der Waals surface area (Å²) in [5.74, 6) is 0.316. The molecule has 1 unspecified atom stereocenters. The van der Waals surface area contributed by atoms with E-state index in [1.54, 1.807) is 12.1 Å². The van der Waals surface area contributed by atoms with Gasteiger partial charge in [0.1, 0.15) is 0 Å². The Morgan fingerprint density at radius 3 is 2.74 bits per heavy atom. The molecule has 1 saturated heterocycles. The van der Waals surface area contributed by atoms with E-state index in [0.29, 0.717) is 11.5 Å². The highest BCUT2D eigenvalue weighted by Gasteiger charge is 2.15. The van der Waals surface area contributed by atoms with Crippen LogP contribution in [0.1, 0.15) is 30.6 Å². The summed E-state index contributed by atoms with van der Waals surface area (Å²) in [7, 11) is 0. The summed E-state index contributed by atoms with van der Waals surface area (Å²) in [6, 6.07) is 7.40. The Kier molecular flexibility index (Phi) is 4.80. The van der Waals surface area contributed by atoms with E-state index in [1.165, 1.54) is 0 Å². The summed E-state index contributed by atoms with van der Waals surface area (Å²) in [6.07, 6.45) is 1.03. The number of anilines is 1. The Labute approximate surface area is 114 Å². The van der Waals surface area contributed by atoms with Crippen molar-refractivity contribution in [2.75, 3.05) is 25.1 Å². The molecule has 0 radical (unpaired) electrons. The zero-order valence-corrected chi connectivity index (χ0v) is 11.5. The molecule has 104 valence electrons. The summed E-state index contributed by atoms with van der Waals surface area (Å²) in [5, 5.41) is 3.36. The van der Waals surface area contributed by atoms with Crippen LogP contribution < -0.4 is 5.32 Å². The summed E-state index contributed by atoms with van der Waals surface area (Å²) >= 11 is 0. The largest absolute Gasteiger partial charge is 0.459 e. The fourth-order valence-corrected chi connectivity index (χ4v) is 2.01. The van der Waals surface area contributed by atoms with Crippen molar-refractivity contribution in [1.29, 1.82) is 0 Å². The van der Waals surface area contributed by atoms with Crippen molar-refractivity contribution >= 4 is 11.7 Å². The highest BCUT2D eigenvalue weighted by atomic mass is 16.5. The number of carbonyl (C=O) groups excluding carboxylic acids is 1. The second kappa shape index (κ2) is 6.57. The molecule has 1 aliphatic heterocycles. The second-order valence-electron chi connectivity index (χ2n) is 5.14. The molecule has 1 aliphatic rings. The topological polar surface area (TPSA) is 47.6 Å². The Morgan fingerprint density at radius 2 is 2.16 bits per heavy atom. The van der Waals surface area contributed by atoms with Crippen molar-refractivity contribution in [2.24, 2.45) is 5.92 Å². The van der Waals surface area contributed by atoms with Crippen LogP contribution in [0.15, 0.2) is 24.3 Å². The highest BCUT2D eigenvalue weighted by molar-refractivity contribution is 5.89. The molecule has 1 fully saturated rings. The molecule has 4 heteroatoms. The third-order valence-electron chi connectivity index (χ3n) is 3.08. The van der Waals surface area contributed by atoms with Gasteiger partial charge in [-0.3, -0.25) is 0 Å². The zero-order valence-electron chi connectivity index (χ0n) is 11.5. The molecule has 19 heavy (non-hydrogen) atoms. The first-order chi connectivity index (χ1) is 9.15. The van der Waals surface area contributed by atoms with E-state index in [9.17, 15) is 4.79 Å². The Balaban J connectivity index is 1.85. The van der Waals surface area contributed by atoms with E-state index < -0.39 is 0 Å². The molecule has 2 rings (SSSR count). The number of ether oxygens (including phenoxy) is 2. The van der Waals surface area contributed by atoms with Gasteiger partial charge in [0.05, 0.1) is 18.3 Å². The van der Waals surface area contributed by atoms with Crippen molar-refractivity contribution in [3.63, 3.8) is 0 Å². The quantitative estimate of drug-likeness (QED) is 0.830. The van der Waals surface area contributed by atoms with Crippen LogP contribution in [0.3, 0.4) is 0 Å². The maximum absolute atomic E-state index is 11.7. The van der Waals surface area contributed by atoms with Gasteiger partial charge >= 0.3 is 5.97 Å². The van der Waals surface area contributed by atoms with Crippen LogP contribution >= 0.6 is 0 Å². The van der Waals surface area contributed by atoms with Crippen molar-refractivity contribution in [2.45, 2.75) is 26.4 Å². The lowest BCUT2D eigenvalue weighted by atomic mass is 10.1. The molecule has 0 aliphatic carbocycles. The number of carbonyl (C=O) groups is 1. The molecule has 0 saturated carbocycles. The molecule has 1 N–H and O–H groups in total. The van der Waals surface area contributed by atoms with Gasteiger partial charge in [0, 0.05) is 24.8 Å². The van der Waals surface area contributed by atoms with Gasteiger partial charge in [-0.05, 0) is 44.5 Å². The van der Waals surface area contributed by atoms with E-state index in [2.05, 4.69) is 5.32 Å². The lowest BCUT2D eigenvalue weighted by Gasteiger charge is -2.11. The van der Waals surface area contributed by atoms with E-state index >= 15 is 0 Å². The number of hydrogen-bond donors (Lipinski definition) is 1. The van der Waals surface area contributed by atoms with Gasteiger partial charge in [0.15, 0.2) is 0 Å². The lowest BCUT2D eigenvalue weighted by molar-refractivity contribution is 0.0378. The fraction of sp³-hybridized carbons (Fsp3) is 0.533. The molecule has 0 spiro atoms. The molecule has 1 aromatic carbocycles. The maximum atomic E-state index is 11.7. The summed E-state index contributed by atoms with van der Waals surface area (Å²) in [5.41, 5.74) is 1.61. The molecular weight excluding hydrogens is 242 g/mol. The highest BCUT2D eigenvalue weighted by Crippen LogP contribution is 2.15. The van der Waals surface area contributed by atoms with Gasteiger partial charge in [-0.2, -0.15) is 0 Å². The van der Waals surface area contributed by atoms with Gasteiger partial charge in [0.25, 0.3) is 0 Å². The first-order valence-corrected chi connectivity index (χ1v) is 6.78. The Morgan fingerprint density at radius 1 is 1.42 bits per heavy atom. The number of nitrogens with one attached hydrogen (secondary N) is 1. The SMILES string of the molecule is CC(C)OC(=O)c1ccc(NCC2CCOC2)cc1. The molecular formula is C15H21NO3. The van der Waals surface area contributed by atoms with Gasteiger partial charge in [0.2, 0.25) is 0 Å². The van der Waals surface area contributed by atoms with E-state index in [1.807, 2.05) is 26.0 Å². The first-order valence-electron chi connectivity index (χ1n) is 6.78. The molecule has 0 bridgehead atoms. The van der Waals surface area contributed by atoms with Crippen molar-refractivity contribution < 1.29 is 14.3 Å². The van der Waals surface area contributed by atoms with Crippen LogP contribution in [0, 0.1) is 5.92 Å². The molecule has 1 aromatic rings. The lowest BCUT2D eigenvalue weighted by Crippen LogP contribution is -2.14. The van der Waals surface area contributed by atoms with E-state index in [0.717, 1.165) is 31.9 Å². The van der Waals surface area contributed by atoms with Crippen LogP contribution in [-0.2, 0) is 9.47 Å². The van der Waals surface area contributed by atoms with Crippen LogP contribution in [-0.4, -0.2) is 31.8 Å². The predicted molar refractivity (Wildman–Crippen MR) is 74.4 cm³/mol. The normalized spacial score (nSPS) is 18.6. The van der Waals surface area contributed by atoms with Gasteiger partial charge in [-0.1, -0.05) is 0 Å². The third kappa shape index (κ3) is 4.24. The van der Waals surface area contributed by atoms with Crippen molar-refractivity contribution in [3.05, 3.63) is 29.8 Å². The molecule has 0 amide bonds. The van der Waals surface area contributed by atoms with Crippen LogP contribution in [0.5, 0.6) is 0 Å². The first kappa shape index (κ1) is 13.9. The molecule has 4 nitrogen and oxygen atoms in total. The van der Waals surface area contributed by atoms with E-state index in [-0.39, 0.29) is 12.1 Å². The molecule has 1 heterocycles. The van der Waals surface area contributed by atoms with Gasteiger partial charge in [-0.25, -0.2) is 4.79 Å². The third-order valence-corrected chi connectivity index (χ3v) is 3.08. The average molecular weight is 263 g/mol. The van der Waals surface area contributed by atoms with Crippen molar-refractivity contribution in [1.82, 2.24) is 0 Å². The minimum Gasteiger partial charge on any atom is -0.459 e. The minimum absolute atomic E-state index is 0.0901. The van der Waals surface area contributed by atoms with Crippen molar-refractivity contribution in [3.8, 4) is 0 Å². The smallest absolute Gasteiger partial charge is 0.338 e. The standard InChI is InChI=1S/C15H21NO3/c1-11(2)19-15(17)13-3-5-14(6-4-13)16-9-12-7-8-18-10-12/h3-6,11-12,16H,7-10H2,1-2H3. The Bertz CT molecular complexity index is 408.